The summed E-state index contributed by atoms with van der Waals surface area (Å²) in [6.45, 7) is 10.1. The van der Waals surface area contributed by atoms with E-state index in [1.807, 2.05) is 0 Å². The molecular weight excluding hydrogens is 238 g/mol. The van der Waals surface area contributed by atoms with Gasteiger partial charge in [-0.3, -0.25) is 4.90 Å². The average molecular weight is 265 g/mol. The van der Waals surface area contributed by atoms with Gasteiger partial charge in [0, 0.05) is 40.0 Å². The molecule has 0 aromatic carbocycles. The zero-order chi connectivity index (χ0) is 13.5. The maximum Gasteiger partial charge on any atom is 0.678 e. The van der Waals surface area contributed by atoms with Crippen molar-refractivity contribution in [3.63, 3.8) is 0 Å². The summed E-state index contributed by atoms with van der Waals surface area (Å²) >= 11 is 0. The highest BCUT2D eigenvalue weighted by atomic mass is 28.4. The molecular formula is C11H27NO4Si. The highest BCUT2D eigenvalue weighted by Crippen LogP contribution is 2.09. The SMILES string of the molecule is CO[Si](OC)(OC)OCCN(C(C)C)C(C)C. The summed E-state index contributed by atoms with van der Waals surface area (Å²) in [4.78, 5) is 2.35. The van der Waals surface area contributed by atoms with Gasteiger partial charge in [-0.15, -0.1) is 0 Å². The Morgan fingerprint density at radius 3 is 1.59 bits per heavy atom. The molecule has 0 amide bonds. The van der Waals surface area contributed by atoms with E-state index in [0.717, 1.165) is 6.54 Å². The van der Waals surface area contributed by atoms with Crippen LogP contribution in [-0.4, -0.2) is 60.5 Å². The molecule has 0 aromatic rings. The molecule has 0 N–H and O–H groups in total. The lowest BCUT2D eigenvalue weighted by Gasteiger charge is -2.31. The number of hydrogen-bond acceptors (Lipinski definition) is 5. The summed E-state index contributed by atoms with van der Waals surface area (Å²) in [6.07, 6.45) is 0. The molecule has 0 aliphatic heterocycles. The van der Waals surface area contributed by atoms with Crippen molar-refractivity contribution in [3.05, 3.63) is 0 Å². The highest BCUT2D eigenvalue weighted by Gasteiger charge is 2.42. The predicted octanol–water partition coefficient (Wildman–Crippen LogP) is 1.50. The molecule has 0 saturated carbocycles. The molecule has 0 heterocycles. The minimum absolute atomic E-state index is 0.488. The van der Waals surface area contributed by atoms with E-state index in [9.17, 15) is 0 Å². The van der Waals surface area contributed by atoms with Gasteiger partial charge in [-0.1, -0.05) is 0 Å². The van der Waals surface area contributed by atoms with Crippen molar-refractivity contribution in [2.24, 2.45) is 0 Å². The van der Waals surface area contributed by atoms with Crippen LogP contribution >= 0.6 is 0 Å². The molecule has 0 aliphatic rings. The van der Waals surface area contributed by atoms with Gasteiger partial charge in [0.15, 0.2) is 0 Å². The first-order chi connectivity index (χ1) is 7.92. The van der Waals surface area contributed by atoms with Crippen LogP contribution < -0.4 is 0 Å². The Kier molecular flexibility index (Phi) is 8.19. The van der Waals surface area contributed by atoms with Crippen LogP contribution in [0.2, 0.25) is 0 Å². The Bertz CT molecular complexity index is 182. The molecule has 6 heteroatoms. The fourth-order valence-corrected chi connectivity index (χ4v) is 3.01. The zero-order valence-electron chi connectivity index (χ0n) is 12.1. The molecule has 5 nitrogen and oxygen atoms in total. The molecule has 0 radical (unpaired) electrons. The minimum atomic E-state index is -2.88. The van der Waals surface area contributed by atoms with Gasteiger partial charge in [-0.25, -0.2) is 0 Å². The number of rotatable bonds is 9. The van der Waals surface area contributed by atoms with Gasteiger partial charge in [0.1, 0.15) is 0 Å². The van der Waals surface area contributed by atoms with Gasteiger partial charge in [0.05, 0.1) is 6.61 Å². The molecule has 0 fully saturated rings. The summed E-state index contributed by atoms with van der Waals surface area (Å²) in [6, 6.07) is 0.976. The van der Waals surface area contributed by atoms with Crippen molar-refractivity contribution in [2.75, 3.05) is 34.5 Å². The van der Waals surface area contributed by atoms with Crippen LogP contribution in [0.1, 0.15) is 27.7 Å². The molecule has 0 atom stereocenters. The first-order valence-electron chi connectivity index (χ1n) is 5.97. The second-order valence-electron chi connectivity index (χ2n) is 4.39. The van der Waals surface area contributed by atoms with E-state index in [2.05, 4.69) is 32.6 Å². The smallest absolute Gasteiger partial charge is 0.355 e. The van der Waals surface area contributed by atoms with Crippen molar-refractivity contribution in [1.29, 1.82) is 0 Å². The van der Waals surface area contributed by atoms with E-state index in [1.54, 1.807) is 21.3 Å². The lowest BCUT2D eigenvalue weighted by molar-refractivity contribution is -0.00303. The Hall–Kier alpha value is 0.0169. The fraction of sp³-hybridized carbons (Fsp3) is 1.00. The number of hydrogen-bond donors (Lipinski definition) is 0. The molecule has 0 unspecified atom stereocenters. The summed E-state index contributed by atoms with van der Waals surface area (Å²) in [7, 11) is 1.75. The Balaban J connectivity index is 4.19. The zero-order valence-corrected chi connectivity index (χ0v) is 13.1. The van der Waals surface area contributed by atoms with Crippen molar-refractivity contribution >= 4 is 9.05 Å². The van der Waals surface area contributed by atoms with Gasteiger partial charge in [-0.05, 0) is 27.7 Å². The largest absolute Gasteiger partial charge is 0.678 e. The molecule has 0 aliphatic carbocycles. The van der Waals surface area contributed by atoms with E-state index < -0.39 is 9.05 Å². The Morgan fingerprint density at radius 1 is 0.882 bits per heavy atom. The molecule has 0 saturated heterocycles. The van der Waals surface area contributed by atoms with E-state index in [4.69, 9.17) is 17.7 Å². The van der Waals surface area contributed by atoms with Crippen LogP contribution in [0, 0.1) is 0 Å². The lowest BCUT2D eigenvalue weighted by Crippen LogP contribution is -2.49. The van der Waals surface area contributed by atoms with Crippen molar-refractivity contribution in [1.82, 2.24) is 4.90 Å². The van der Waals surface area contributed by atoms with Crippen molar-refractivity contribution < 1.29 is 17.7 Å². The van der Waals surface area contributed by atoms with Gasteiger partial charge >= 0.3 is 9.05 Å². The van der Waals surface area contributed by atoms with Crippen LogP contribution in [0.25, 0.3) is 0 Å². The topological polar surface area (TPSA) is 40.2 Å². The molecule has 17 heavy (non-hydrogen) atoms. The fourth-order valence-electron chi connectivity index (χ4n) is 1.82. The third-order valence-electron chi connectivity index (χ3n) is 2.70. The molecule has 0 bridgehead atoms. The molecule has 0 aromatic heterocycles. The second kappa shape index (κ2) is 8.18. The van der Waals surface area contributed by atoms with E-state index >= 15 is 0 Å². The summed E-state index contributed by atoms with van der Waals surface area (Å²) < 4.78 is 21.2. The summed E-state index contributed by atoms with van der Waals surface area (Å²) in [5.41, 5.74) is 0. The lowest BCUT2D eigenvalue weighted by atomic mass is 10.2. The van der Waals surface area contributed by atoms with E-state index in [1.165, 1.54) is 0 Å². The standard InChI is InChI=1S/C11H27NO4Si/c1-10(2)12(11(3)4)8-9-16-17(13-5,14-6)15-7/h10-11H,8-9H2,1-7H3. The first-order valence-corrected chi connectivity index (χ1v) is 7.60. The highest BCUT2D eigenvalue weighted by molar-refractivity contribution is 6.53. The van der Waals surface area contributed by atoms with E-state index in [0.29, 0.717) is 18.7 Å². The maximum absolute atomic E-state index is 5.64. The van der Waals surface area contributed by atoms with Gasteiger partial charge in [-0.2, -0.15) is 0 Å². The average Bonchev–Trinajstić information content (AvgIpc) is 2.29. The molecule has 104 valence electrons. The second-order valence-corrected chi connectivity index (χ2v) is 6.90. The summed E-state index contributed by atoms with van der Waals surface area (Å²) in [5.74, 6) is 0. The quantitative estimate of drug-likeness (QED) is 0.591. The molecule has 0 rings (SSSR count). The Labute approximate surface area is 106 Å². The van der Waals surface area contributed by atoms with Gasteiger partial charge in [0.2, 0.25) is 0 Å². The van der Waals surface area contributed by atoms with Crippen molar-refractivity contribution in [3.8, 4) is 0 Å². The maximum atomic E-state index is 5.64. The van der Waals surface area contributed by atoms with Crippen molar-refractivity contribution in [2.45, 2.75) is 39.8 Å². The predicted molar refractivity (Wildman–Crippen MR) is 69.7 cm³/mol. The normalized spacial score (nSPS) is 13.1. The third kappa shape index (κ3) is 5.46. The van der Waals surface area contributed by atoms with Crippen LogP contribution in [0.4, 0.5) is 0 Å². The minimum Gasteiger partial charge on any atom is -0.355 e. The third-order valence-corrected chi connectivity index (χ3v) is 4.76. The van der Waals surface area contributed by atoms with Gasteiger partial charge in [0.25, 0.3) is 0 Å². The molecule has 0 spiro atoms. The number of nitrogens with zero attached hydrogens (tertiary/aromatic N) is 1. The van der Waals surface area contributed by atoms with Crippen LogP contribution in [0.15, 0.2) is 0 Å². The summed E-state index contributed by atoms with van der Waals surface area (Å²) in [5, 5.41) is 0. The van der Waals surface area contributed by atoms with Crippen LogP contribution in [-0.2, 0) is 17.7 Å². The van der Waals surface area contributed by atoms with Crippen LogP contribution in [0.5, 0.6) is 0 Å². The first kappa shape index (κ1) is 17.0. The Morgan fingerprint density at radius 2 is 1.29 bits per heavy atom. The van der Waals surface area contributed by atoms with E-state index in [-0.39, 0.29) is 0 Å². The van der Waals surface area contributed by atoms with Gasteiger partial charge < -0.3 is 17.7 Å². The van der Waals surface area contributed by atoms with Crippen LogP contribution in [0.3, 0.4) is 0 Å². The monoisotopic (exact) mass is 265 g/mol.